The fraction of sp³-hybridized carbons (Fsp3) is 0.0870. The van der Waals surface area contributed by atoms with Gasteiger partial charge in [-0.25, -0.2) is 13.6 Å². The minimum absolute atomic E-state index is 0.228. The molecule has 0 saturated heterocycles. The summed E-state index contributed by atoms with van der Waals surface area (Å²) in [6.07, 6.45) is 0. The summed E-state index contributed by atoms with van der Waals surface area (Å²) in [5.41, 5.74) is -0.115. The number of nitrogens with zero attached hydrogens (tertiary/aromatic N) is 1. The number of carbonyl (C=O) groups excluding carboxylic acids is 2. The van der Waals surface area contributed by atoms with Crippen LogP contribution in [0, 0.1) is 11.6 Å². The van der Waals surface area contributed by atoms with Crippen molar-refractivity contribution >= 4 is 35.1 Å². The van der Waals surface area contributed by atoms with Gasteiger partial charge in [0.15, 0.2) is 17.7 Å². The monoisotopic (exact) mass is 456 g/mol. The van der Waals surface area contributed by atoms with Crippen molar-refractivity contribution in [3.05, 3.63) is 100 Å². The number of hydrogen-bond acceptors (Lipinski definition) is 3. The average molecular weight is 457 g/mol. The molecule has 0 radical (unpaired) electrons. The van der Waals surface area contributed by atoms with Gasteiger partial charge in [0.2, 0.25) is 0 Å². The molecule has 2 unspecified atom stereocenters. The highest BCUT2D eigenvalue weighted by atomic mass is 35.5. The largest absolute Gasteiger partial charge is 0.479 e. The molecule has 32 heavy (non-hydrogen) atoms. The van der Waals surface area contributed by atoms with E-state index in [1.807, 2.05) is 0 Å². The van der Waals surface area contributed by atoms with Crippen molar-refractivity contribution in [1.29, 1.82) is 0 Å². The molecule has 0 aromatic heterocycles. The van der Waals surface area contributed by atoms with Crippen LogP contribution in [0.3, 0.4) is 0 Å². The molecule has 0 fully saturated rings. The fourth-order valence-corrected chi connectivity index (χ4v) is 3.82. The molecule has 0 saturated carbocycles. The van der Waals surface area contributed by atoms with E-state index in [0.29, 0.717) is 17.2 Å². The highest BCUT2D eigenvalue weighted by Crippen LogP contribution is 2.38. The second-order valence-corrected chi connectivity index (χ2v) is 7.56. The lowest BCUT2D eigenvalue weighted by Crippen LogP contribution is -2.44. The van der Waals surface area contributed by atoms with Gasteiger partial charge in [-0.15, -0.1) is 0 Å². The molecule has 1 aliphatic heterocycles. The number of halogens is 3. The maximum atomic E-state index is 14.0. The van der Waals surface area contributed by atoms with Gasteiger partial charge in [-0.2, -0.15) is 0 Å². The number of benzene rings is 3. The Kier molecular flexibility index (Phi) is 5.63. The molecule has 3 aromatic rings. The van der Waals surface area contributed by atoms with Gasteiger partial charge < -0.3 is 15.3 Å². The highest BCUT2D eigenvalue weighted by molar-refractivity contribution is 6.30. The summed E-state index contributed by atoms with van der Waals surface area (Å²) in [6, 6.07) is 12.1. The van der Waals surface area contributed by atoms with Crippen LogP contribution in [-0.2, 0) is 9.59 Å². The van der Waals surface area contributed by atoms with Crippen LogP contribution in [0.5, 0.6) is 0 Å². The van der Waals surface area contributed by atoms with Crippen LogP contribution in [0.4, 0.5) is 14.5 Å². The minimum atomic E-state index is -1.59. The molecule has 2 N–H and O–H groups in total. The van der Waals surface area contributed by atoms with Crippen LogP contribution >= 0.6 is 11.6 Å². The number of rotatable bonds is 4. The van der Waals surface area contributed by atoms with E-state index in [0.717, 1.165) is 4.90 Å². The predicted octanol–water partition coefficient (Wildman–Crippen LogP) is 4.58. The van der Waals surface area contributed by atoms with Crippen molar-refractivity contribution in [2.45, 2.75) is 12.1 Å². The van der Waals surface area contributed by atoms with Gasteiger partial charge >= 0.3 is 5.97 Å². The SMILES string of the molecule is O=C(O)C(c1ccccc1)N1C(=O)c2cc(F)c(F)cc2NC(=O)C1c1ccc(Cl)cc1. The summed E-state index contributed by atoms with van der Waals surface area (Å²) < 4.78 is 27.8. The van der Waals surface area contributed by atoms with Crippen LogP contribution in [0.1, 0.15) is 33.6 Å². The van der Waals surface area contributed by atoms with E-state index in [1.54, 1.807) is 18.2 Å². The third-order valence-corrected chi connectivity index (χ3v) is 5.37. The first-order chi connectivity index (χ1) is 15.3. The molecule has 9 heteroatoms. The van der Waals surface area contributed by atoms with Gasteiger partial charge in [-0.1, -0.05) is 54.1 Å². The molecule has 4 rings (SSSR count). The van der Waals surface area contributed by atoms with Gasteiger partial charge in [0, 0.05) is 11.1 Å². The quantitative estimate of drug-likeness (QED) is 0.601. The molecule has 3 aromatic carbocycles. The van der Waals surface area contributed by atoms with Crippen LogP contribution < -0.4 is 5.32 Å². The minimum Gasteiger partial charge on any atom is -0.479 e. The smallest absolute Gasteiger partial charge is 0.331 e. The summed E-state index contributed by atoms with van der Waals surface area (Å²) in [5.74, 6) is -5.70. The van der Waals surface area contributed by atoms with Crippen molar-refractivity contribution in [3.63, 3.8) is 0 Å². The Morgan fingerprint density at radius 3 is 2.25 bits per heavy atom. The fourth-order valence-electron chi connectivity index (χ4n) is 3.69. The number of hydrogen-bond donors (Lipinski definition) is 2. The molecule has 2 atom stereocenters. The second-order valence-electron chi connectivity index (χ2n) is 7.12. The molecule has 1 heterocycles. The van der Waals surface area contributed by atoms with Gasteiger partial charge in [0.25, 0.3) is 11.8 Å². The number of amides is 2. The molecule has 1 aliphatic rings. The molecule has 6 nitrogen and oxygen atoms in total. The van der Waals surface area contributed by atoms with E-state index in [1.165, 1.54) is 36.4 Å². The summed E-state index contributed by atoms with van der Waals surface area (Å²) in [7, 11) is 0. The predicted molar refractivity (Wildman–Crippen MR) is 112 cm³/mol. The lowest BCUT2D eigenvalue weighted by Gasteiger charge is -2.34. The van der Waals surface area contributed by atoms with Crippen LogP contribution in [0.15, 0.2) is 66.7 Å². The maximum absolute atomic E-state index is 14.0. The normalized spacial score (nSPS) is 16.7. The first-order valence-corrected chi connectivity index (χ1v) is 9.81. The van der Waals surface area contributed by atoms with E-state index in [4.69, 9.17) is 11.6 Å². The van der Waals surface area contributed by atoms with Crippen molar-refractivity contribution in [3.8, 4) is 0 Å². The Balaban J connectivity index is 1.97. The standard InChI is InChI=1S/C23H15ClF2N2O4/c24-14-8-6-13(7-9-14)19-21(29)27-18-11-17(26)16(25)10-15(18)22(30)28(19)20(23(31)32)12-4-2-1-3-5-12/h1-11,19-20H,(H,27,29)(H,31,32). The lowest BCUT2D eigenvalue weighted by atomic mass is 9.97. The summed E-state index contributed by atoms with van der Waals surface area (Å²) in [4.78, 5) is 40.0. The van der Waals surface area contributed by atoms with E-state index >= 15 is 0 Å². The van der Waals surface area contributed by atoms with Crippen molar-refractivity contribution in [2.24, 2.45) is 0 Å². The van der Waals surface area contributed by atoms with Crippen LogP contribution in [0.25, 0.3) is 0 Å². The Morgan fingerprint density at radius 1 is 1.00 bits per heavy atom. The van der Waals surface area contributed by atoms with Gasteiger partial charge in [-0.3, -0.25) is 9.59 Å². The maximum Gasteiger partial charge on any atom is 0.331 e. The molecular formula is C23H15ClF2N2O4. The van der Waals surface area contributed by atoms with E-state index in [2.05, 4.69) is 5.32 Å². The van der Waals surface area contributed by atoms with Crippen molar-refractivity contribution in [1.82, 2.24) is 4.90 Å². The summed E-state index contributed by atoms with van der Waals surface area (Å²) >= 11 is 5.94. The number of aliphatic carboxylic acids is 1. The summed E-state index contributed by atoms with van der Waals surface area (Å²) in [6.45, 7) is 0. The summed E-state index contributed by atoms with van der Waals surface area (Å²) in [5, 5.41) is 12.8. The van der Waals surface area contributed by atoms with E-state index in [-0.39, 0.29) is 22.4 Å². The Morgan fingerprint density at radius 2 is 1.62 bits per heavy atom. The Bertz CT molecular complexity index is 1220. The molecule has 0 aliphatic carbocycles. The zero-order chi connectivity index (χ0) is 23.0. The Labute approximate surface area is 186 Å². The zero-order valence-corrected chi connectivity index (χ0v) is 17.0. The number of carboxylic acids is 1. The van der Waals surface area contributed by atoms with Crippen molar-refractivity contribution < 1.29 is 28.3 Å². The Hall–Kier alpha value is -3.78. The third-order valence-electron chi connectivity index (χ3n) is 5.12. The van der Waals surface area contributed by atoms with E-state index in [9.17, 15) is 28.3 Å². The molecule has 0 bridgehead atoms. The molecule has 2 amide bonds. The molecular weight excluding hydrogens is 442 g/mol. The van der Waals surface area contributed by atoms with Gasteiger partial charge in [0.05, 0.1) is 11.3 Å². The number of fused-ring (bicyclic) bond motifs is 1. The topological polar surface area (TPSA) is 86.7 Å². The van der Waals surface area contributed by atoms with Crippen LogP contribution in [0.2, 0.25) is 5.02 Å². The van der Waals surface area contributed by atoms with Crippen LogP contribution in [-0.4, -0.2) is 27.8 Å². The average Bonchev–Trinajstić information content (AvgIpc) is 2.85. The van der Waals surface area contributed by atoms with Gasteiger partial charge in [0.1, 0.15) is 6.04 Å². The highest BCUT2D eigenvalue weighted by Gasteiger charge is 2.44. The number of anilines is 1. The van der Waals surface area contributed by atoms with E-state index < -0.39 is 41.5 Å². The lowest BCUT2D eigenvalue weighted by molar-refractivity contribution is -0.144. The number of carboxylic acid groups (broad SMARTS) is 1. The molecule has 0 spiro atoms. The first-order valence-electron chi connectivity index (χ1n) is 9.43. The zero-order valence-electron chi connectivity index (χ0n) is 16.3. The molecule has 162 valence electrons. The van der Waals surface area contributed by atoms with Gasteiger partial charge in [-0.05, 0) is 29.3 Å². The first kappa shape index (κ1) is 21.5. The second kappa shape index (κ2) is 8.39. The third kappa shape index (κ3) is 3.80. The number of nitrogens with one attached hydrogen (secondary N) is 1. The van der Waals surface area contributed by atoms with Crippen molar-refractivity contribution in [2.75, 3.05) is 5.32 Å². The number of carbonyl (C=O) groups is 3.